The van der Waals surface area contributed by atoms with Crippen molar-refractivity contribution in [3.63, 3.8) is 0 Å². The summed E-state index contributed by atoms with van der Waals surface area (Å²) in [7, 11) is 1.57. The molecule has 0 spiro atoms. The van der Waals surface area contributed by atoms with Crippen molar-refractivity contribution in [2.75, 3.05) is 18.2 Å². The molecule has 1 amide bonds. The molecular formula is C14H13ClN2O2. The van der Waals surface area contributed by atoms with Crippen molar-refractivity contribution < 1.29 is 9.53 Å². The summed E-state index contributed by atoms with van der Waals surface area (Å²) in [6.45, 7) is 0. The molecule has 98 valence electrons. The van der Waals surface area contributed by atoms with E-state index < -0.39 is 0 Å². The Morgan fingerprint density at radius 1 is 1.21 bits per heavy atom. The average Bonchev–Trinajstić information content (AvgIpc) is 2.43. The molecule has 0 fully saturated rings. The maximum absolute atomic E-state index is 12.0. The Bertz CT molecular complexity index is 597. The predicted molar refractivity (Wildman–Crippen MR) is 76.8 cm³/mol. The van der Waals surface area contributed by atoms with E-state index in [-0.39, 0.29) is 5.91 Å². The molecule has 2 aromatic carbocycles. The number of anilines is 2. The molecule has 0 bridgehead atoms. The van der Waals surface area contributed by atoms with E-state index in [1.807, 2.05) is 0 Å². The van der Waals surface area contributed by atoms with E-state index in [1.54, 1.807) is 49.6 Å². The van der Waals surface area contributed by atoms with Crippen molar-refractivity contribution in [3.8, 4) is 5.75 Å². The zero-order valence-electron chi connectivity index (χ0n) is 10.3. The van der Waals surface area contributed by atoms with Gasteiger partial charge in [0.25, 0.3) is 5.91 Å². The third-order valence-electron chi connectivity index (χ3n) is 2.59. The van der Waals surface area contributed by atoms with Crippen LogP contribution in [0.15, 0.2) is 42.5 Å². The summed E-state index contributed by atoms with van der Waals surface area (Å²) in [5.41, 5.74) is 7.19. The van der Waals surface area contributed by atoms with Crippen LogP contribution in [-0.2, 0) is 0 Å². The Hall–Kier alpha value is -2.20. The largest absolute Gasteiger partial charge is 0.497 e. The zero-order valence-corrected chi connectivity index (χ0v) is 11.1. The number of ether oxygens (including phenoxy) is 1. The third-order valence-corrected chi connectivity index (χ3v) is 2.92. The van der Waals surface area contributed by atoms with Gasteiger partial charge in [-0.3, -0.25) is 4.79 Å². The number of rotatable bonds is 3. The molecule has 0 aliphatic carbocycles. The van der Waals surface area contributed by atoms with Gasteiger partial charge in [-0.2, -0.15) is 0 Å². The van der Waals surface area contributed by atoms with Gasteiger partial charge in [0.05, 0.1) is 17.8 Å². The second-order valence-electron chi connectivity index (χ2n) is 3.92. The van der Waals surface area contributed by atoms with Crippen LogP contribution in [0, 0.1) is 0 Å². The molecule has 2 aromatic rings. The van der Waals surface area contributed by atoms with Gasteiger partial charge in [-0.05, 0) is 42.5 Å². The minimum atomic E-state index is -0.254. The highest BCUT2D eigenvalue weighted by Crippen LogP contribution is 2.24. The first-order chi connectivity index (χ1) is 9.10. The Morgan fingerprint density at radius 2 is 1.89 bits per heavy atom. The Balaban J connectivity index is 2.18. The number of nitrogens with two attached hydrogens (primary N) is 1. The first-order valence-electron chi connectivity index (χ1n) is 5.60. The van der Waals surface area contributed by atoms with Crippen molar-refractivity contribution in [3.05, 3.63) is 53.1 Å². The van der Waals surface area contributed by atoms with Gasteiger partial charge in [-0.1, -0.05) is 11.6 Å². The molecule has 19 heavy (non-hydrogen) atoms. The van der Waals surface area contributed by atoms with Crippen LogP contribution in [0.25, 0.3) is 0 Å². The van der Waals surface area contributed by atoms with E-state index in [9.17, 15) is 4.79 Å². The maximum Gasteiger partial charge on any atom is 0.255 e. The topological polar surface area (TPSA) is 64.3 Å². The molecule has 0 heterocycles. The van der Waals surface area contributed by atoms with E-state index in [0.29, 0.717) is 27.7 Å². The SMILES string of the molecule is COc1ccc(C(=O)Nc2cc(N)ccc2Cl)cc1. The molecule has 5 heteroatoms. The lowest BCUT2D eigenvalue weighted by atomic mass is 10.2. The molecule has 0 aliphatic heterocycles. The summed E-state index contributed by atoms with van der Waals surface area (Å²) < 4.78 is 5.03. The zero-order chi connectivity index (χ0) is 13.8. The molecule has 0 unspecified atom stereocenters. The normalized spacial score (nSPS) is 10.0. The van der Waals surface area contributed by atoms with Crippen molar-refractivity contribution in [1.29, 1.82) is 0 Å². The van der Waals surface area contributed by atoms with Crippen molar-refractivity contribution in [1.82, 2.24) is 0 Å². The Kier molecular flexibility index (Phi) is 3.92. The summed E-state index contributed by atoms with van der Waals surface area (Å²) in [6, 6.07) is 11.7. The summed E-state index contributed by atoms with van der Waals surface area (Å²) in [5, 5.41) is 3.15. The van der Waals surface area contributed by atoms with Gasteiger partial charge in [0.15, 0.2) is 0 Å². The Labute approximate surface area is 116 Å². The van der Waals surface area contributed by atoms with E-state index in [1.165, 1.54) is 0 Å². The fourth-order valence-corrected chi connectivity index (χ4v) is 1.74. The second-order valence-corrected chi connectivity index (χ2v) is 4.33. The van der Waals surface area contributed by atoms with E-state index in [2.05, 4.69) is 5.32 Å². The number of amides is 1. The molecule has 0 aliphatic rings. The van der Waals surface area contributed by atoms with Gasteiger partial charge in [-0.15, -0.1) is 0 Å². The summed E-state index contributed by atoms with van der Waals surface area (Å²) in [4.78, 5) is 12.0. The van der Waals surface area contributed by atoms with Crippen LogP contribution in [0.1, 0.15) is 10.4 Å². The van der Waals surface area contributed by atoms with Gasteiger partial charge >= 0.3 is 0 Å². The van der Waals surface area contributed by atoms with Crippen LogP contribution in [0.3, 0.4) is 0 Å². The maximum atomic E-state index is 12.0. The summed E-state index contributed by atoms with van der Waals surface area (Å²) >= 11 is 5.99. The third kappa shape index (κ3) is 3.17. The standard InChI is InChI=1S/C14H13ClN2O2/c1-19-11-5-2-9(3-6-11)14(18)17-13-8-10(16)4-7-12(13)15/h2-8H,16H2,1H3,(H,17,18). The molecule has 0 aromatic heterocycles. The number of methoxy groups -OCH3 is 1. The van der Waals surface area contributed by atoms with Crippen molar-refractivity contribution in [2.45, 2.75) is 0 Å². The summed E-state index contributed by atoms with van der Waals surface area (Å²) in [6.07, 6.45) is 0. The number of carbonyl (C=O) groups excluding carboxylic acids is 1. The van der Waals surface area contributed by atoms with Crippen LogP contribution in [0.2, 0.25) is 5.02 Å². The quantitative estimate of drug-likeness (QED) is 0.846. The molecule has 3 N–H and O–H groups in total. The molecule has 0 saturated carbocycles. The monoisotopic (exact) mass is 276 g/mol. The number of benzene rings is 2. The smallest absolute Gasteiger partial charge is 0.255 e. The number of nitrogen functional groups attached to an aromatic ring is 1. The van der Waals surface area contributed by atoms with Crippen LogP contribution >= 0.6 is 11.6 Å². The number of halogens is 1. The first-order valence-corrected chi connectivity index (χ1v) is 5.98. The van der Waals surface area contributed by atoms with E-state index in [0.717, 1.165) is 0 Å². The van der Waals surface area contributed by atoms with Crippen molar-refractivity contribution >= 4 is 28.9 Å². The lowest BCUT2D eigenvalue weighted by Crippen LogP contribution is -2.12. The number of nitrogens with one attached hydrogen (secondary N) is 1. The molecular weight excluding hydrogens is 264 g/mol. The summed E-state index contributed by atoms with van der Waals surface area (Å²) in [5.74, 6) is 0.439. The van der Waals surface area contributed by atoms with E-state index in [4.69, 9.17) is 22.1 Å². The second kappa shape index (κ2) is 5.63. The van der Waals surface area contributed by atoms with E-state index >= 15 is 0 Å². The van der Waals surface area contributed by atoms with Crippen LogP contribution in [0.5, 0.6) is 5.75 Å². The van der Waals surface area contributed by atoms with Gasteiger partial charge in [0.2, 0.25) is 0 Å². The highest BCUT2D eigenvalue weighted by Gasteiger charge is 2.08. The minimum Gasteiger partial charge on any atom is -0.497 e. The molecule has 2 rings (SSSR count). The average molecular weight is 277 g/mol. The van der Waals surface area contributed by atoms with Crippen molar-refractivity contribution in [2.24, 2.45) is 0 Å². The highest BCUT2D eigenvalue weighted by molar-refractivity contribution is 6.34. The molecule has 0 atom stereocenters. The van der Waals surface area contributed by atoms with Gasteiger partial charge < -0.3 is 15.8 Å². The molecule has 0 radical (unpaired) electrons. The van der Waals surface area contributed by atoms with Gasteiger partial charge in [0.1, 0.15) is 5.75 Å². The number of carbonyl (C=O) groups is 1. The first kappa shape index (κ1) is 13.2. The lowest BCUT2D eigenvalue weighted by Gasteiger charge is -2.08. The van der Waals surface area contributed by atoms with Crippen LogP contribution in [-0.4, -0.2) is 13.0 Å². The lowest BCUT2D eigenvalue weighted by molar-refractivity contribution is 0.102. The van der Waals surface area contributed by atoms with Gasteiger partial charge in [0, 0.05) is 11.3 Å². The van der Waals surface area contributed by atoms with Gasteiger partial charge in [-0.25, -0.2) is 0 Å². The number of hydrogen-bond acceptors (Lipinski definition) is 3. The van der Waals surface area contributed by atoms with Crippen LogP contribution in [0.4, 0.5) is 11.4 Å². The minimum absolute atomic E-state index is 0.254. The molecule has 4 nitrogen and oxygen atoms in total. The highest BCUT2D eigenvalue weighted by atomic mass is 35.5. The van der Waals surface area contributed by atoms with Crippen LogP contribution < -0.4 is 15.8 Å². The fraction of sp³-hybridized carbons (Fsp3) is 0.0714. The number of hydrogen-bond donors (Lipinski definition) is 2. The predicted octanol–water partition coefficient (Wildman–Crippen LogP) is 3.18. The Morgan fingerprint density at radius 3 is 2.53 bits per heavy atom. The fourth-order valence-electron chi connectivity index (χ4n) is 1.58. The molecule has 0 saturated heterocycles.